The number of hydrogen-bond donors (Lipinski definition) is 1. The lowest BCUT2D eigenvalue weighted by Gasteiger charge is -2.12. The monoisotopic (exact) mass is 341 g/mol. The van der Waals surface area contributed by atoms with Crippen molar-refractivity contribution < 1.29 is 4.79 Å². The van der Waals surface area contributed by atoms with E-state index in [1.807, 2.05) is 23.6 Å². The van der Waals surface area contributed by atoms with E-state index in [0.717, 1.165) is 16.8 Å². The maximum absolute atomic E-state index is 11.4. The standard InChI is InChI=1S/C13H9BrClNOS/c14-13(11-2-1-3-18-11)8-4-7-5-12(17)16-10(7)6-9(8)15/h1-4,6,13H,5H2,(H,16,17). The summed E-state index contributed by atoms with van der Waals surface area (Å²) in [4.78, 5) is 12.6. The predicted octanol–water partition coefficient (Wildman–Crippen LogP) is 4.38. The Morgan fingerprint density at radius 1 is 1.44 bits per heavy atom. The van der Waals surface area contributed by atoms with Crippen LogP contribution in [0.25, 0.3) is 0 Å². The molecule has 2 nitrogen and oxygen atoms in total. The highest BCUT2D eigenvalue weighted by molar-refractivity contribution is 9.09. The number of carbonyl (C=O) groups excluding carboxylic acids is 1. The fourth-order valence-electron chi connectivity index (χ4n) is 2.05. The van der Waals surface area contributed by atoms with Crippen LogP contribution in [0, 0.1) is 0 Å². The van der Waals surface area contributed by atoms with Crippen LogP contribution in [0.1, 0.15) is 20.8 Å². The van der Waals surface area contributed by atoms with Gasteiger partial charge in [-0.15, -0.1) is 11.3 Å². The molecule has 1 atom stereocenters. The van der Waals surface area contributed by atoms with Gasteiger partial charge in [0.15, 0.2) is 0 Å². The van der Waals surface area contributed by atoms with E-state index in [-0.39, 0.29) is 10.7 Å². The van der Waals surface area contributed by atoms with Gasteiger partial charge in [-0.05, 0) is 28.6 Å². The second-order valence-electron chi connectivity index (χ2n) is 4.13. The highest BCUT2D eigenvalue weighted by atomic mass is 79.9. The minimum Gasteiger partial charge on any atom is -0.325 e. The van der Waals surface area contributed by atoms with E-state index >= 15 is 0 Å². The molecule has 0 bridgehead atoms. The summed E-state index contributed by atoms with van der Waals surface area (Å²) in [5, 5.41) is 5.51. The van der Waals surface area contributed by atoms with Crippen LogP contribution >= 0.6 is 38.9 Å². The van der Waals surface area contributed by atoms with E-state index in [2.05, 4.69) is 27.3 Å². The van der Waals surface area contributed by atoms with Crippen molar-refractivity contribution in [3.63, 3.8) is 0 Å². The molecule has 0 fully saturated rings. The van der Waals surface area contributed by atoms with Crippen LogP contribution in [-0.4, -0.2) is 5.91 Å². The first-order chi connectivity index (χ1) is 8.65. The number of alkyl halides is 1. The molecule has 18 heavy (non-hydrogen) atoms. The average Bonchev–Trinajstić information content (AvgIpc) is 2.94. The normalized spacial score (nSPS) is 15.3. The van der Waals surface area contributed by atoms with Crippen LogP contribution in [0.3, 0.4) is 0 Å². The largest absolute Gasteiger partial charge is 0.325 e. The highest BCUT2D eigenvalue weighted by Crippen LogP contribution is 2.40. The lowest BCUT2D eigenvalue weighted by atomic mass is 10.1. The van der Waals surface area contributed by atoms with Crippen LogP contribution in [-0.2, 0) is 11.2 Å². The summed E-state index contributed by atoms with van der Waals surface area (Å²) in [5.41, 5.74) is 2.86. The van der Waals surface area contributed by atoms with Gasteiger partial charge < -0.3 is 5.32 Å². The van der Waals surface area contributed by atoms with Crippen molar-refractivity contribution in [2.45, 2.75) is 11.2 Å². The molecule has 2 heterocycles. The Morgan fingerprint density at radius 2 is 2.28 bits per heavy atom. The number of anilines is 1. The molecule has 1 amide bonds. The summed E-state index contributed by atoms with van der Waals surface area (Å²) in [7, 11) is 0. The average molecular weight is 343 g/mol. The van der Waals surface area contributed by atoms with Crippen molar-refractivity contribution in [1.82, 2.24) is 0 Å². The van der Waals surface area contributed by atoms with Crippen molar-refractivity contribution in [3.05, 3.63) is 50.7 Å². The molecular weight excluding hydrogens is 334 g/mol. The molecule has 1 N–H and O–H groups in total. The van der Waals surface area contributed by atoms with Gasteiger partial charge >= 0.3 is 0 Å². The minimum absolute atomic E-state index is 0.0282. The van der Waals surface area contributed by atoms with Crippen molar-refractivity contribution in [3.8, 4) is 0 Å². The zero-order valence-electron chi connectivity index (χ0n) is 9.24. The SMILES string of the molecule is O=C1Cc2cc(C(Br)c3cccs3)c(Cl)cc2N1. The summed E-state index contributed by atoms with van der Waals surface area (Å²) < 4.78 is 0. The molecule has 1 aliphatic rings. The van der Waals surface area contributed by atoms with Crippen LogP contribution in [0.5, 0.6) is 0 Å². The van der Waals surface area contributed by atoms with Crippen LogP contribution in [0.2, 0.25) is 5.02 Å². The smallest absolute Gasteiger partial charge is 0.228 e. The molecule has 0 saturated carbocycles. The van der Waals surface area contributed by atoms with Gasteiger partial charge in [-0.1, -0.05) is 39.7 Å². The van der Waals surface area contributed by atoms with Crippen LogP contribution in [0.4, 0.5) is 5.69 Å². The molecule has 2 aromatic rings. The highest BCUT2D eigenvalue weighted by Gasteiger charge is 2.22. The number of halogens is 2. The predicted molar refractivity (Wildman–Crippen MR) is 78.9 cm³/mol. The Balaban J connectivity index is 2.03. The maximum Gasteiger partial charge on any atom is 0.228 e. The van der Waals surface area contributed by atoms with Crippen molar-refractivity contribution in [2.24, 2.45) is 0 Å². The fourth-order valence-corrected chi connectivity index (χ4v) is 4.03. The van der Waals surface area contributed by atoms with E-state index in [9.17, 15) is 4.79 Å². The molecule has 3 rings (SSSR count). The van der Waals surface area contributed by atoms with Gasteiger partial charge in [0.25, 0.3) is 0 Å². The summed E-state index contributed by atoms with van der Waals surface area (Å²) in [5.74, 6) is 0.0282. The summed E-state index contributed by atoms with van der Waals surface area (Å²) >= 11 is 11.6. The van der Waals surface area contributed by atoms with Gasteiger partial charge in [-0.3, -0.25) is 4.79 Å². The van der Waals surface area contributed by atoms with E-state index in [1.165, 1.54) is 4.88 Å². The van der Waals surface area contributed by atoms with Gasteiger partial charge in [-0.2, -0.15) is 0 Å². The number of nitrogens with one attached hydrogen (secondary N) is 1. The Hall–Kier alpha value is -0.840. The lowest BCUT2D eigenvalue weighted by molar-refractivity contribution is -0.115. The molecule has 1 aromatic heterocycles. The molecule has 92 valence electrons. The first-order valence-corrected chi connectivity index (χ1v) is 7.62. The van der Waals surface area contributed by atoms with Gasteiger partial charge in [0.1, 0.15) is 0 Å². The number of carbonyl (C=O) groups is 1. The first-order valence-electron chi connectivity index (χ1n) is 5.45. The fraction of sp³-hybridized carbons (Fsp3) is 0.154. The number of amides is 1. The number of thiophene rings is 1. The third-order valence-corrected chi connectivity index (χ3v) is 5.47. The van der Waals surface area contributed by atoms with E-state index in [0.29, 0.717) is 11.4 Å². The minimum atomic E-state index is 0.0282. The summed E-state index contributed by atoms with van der Waals surface area (Å²) in [6, 6.07) is 7.92. The molecule has 0 radical (unpaired) electrons. The Morgan fingerprint density at radius 3 is 3.00 bits per heavy atom. The first kappa shape index (κ1) is 12.2. The van der Waals surface area contributed by atoms with Crippen molar-refractivity contribution in [1.29, 1.82) is 0 Å². The van der Waals surface area contributed by atoms with E-state index in [1.54, 1.807) is 11.3 Å². The second-order valence-corrected chi connectivity index (χ2v) is 6.44. The molecular formula is C13H9BrClNOS. The van der Waals surface area contributed by atoms with Crippen molar-refractivity contribution >= 4 is 50.5 Å². The zero-order valence-corrected chi connectivity index (χ0v) is 12.4. The molecule has 5 heteroatoms. The molecule has 0 saturated heterocycles. The van der Waals surface area contributed by atoms with E-state index < -0.39 is 0 Å². The number of hydrogen-bond acceptors (Lipinski definition) is 2. The maximum atomic E-state index is 11.4. The molecule has 1 aromatic carbocycles. The number of benzene rings is 1. The lowest BCUT2D eigenvalue weighted by Crippen LogP contribution is -2.03. The van der Waals surface area contributed by atoms with Crippen LogP contribution < -0.4 is 5.32 Å². The molecule has 1 aliphatic heterocycles. The molecule has 0 aliphatic carbocycles. The molecule has 1 unspecified atom stereocenters. The Bertz CT molecular complexity index is 612. The van der Waals surface area contributed by atoms with Gasteiger partial charge in [0.2, 0.25) is 5.91 Å². The number of fused-ring (bicyclic) bond motifs is 1. The topological polar surface area (TPSA) is 29.1 Å². The van der Waals surface area contributed by atoms with Gasteiger partial charge in [0, 0.05) is 15.6 Å². The summed E-state index contributed by atoms with van der Waals surface area (Å²) in [6.45, 7) is 0. The Labute approximate surface area is 122 Å². The van der Waals surface area contributed by atoms with Crippen LogP contribution in [0.15, 0.2) is 29.6 Å². The third-order valence-electron chi connectivity index (χ3n) is 2.91. The van der Waals surface area contributed by atoms with Crippen molar-refractivity contribution in [2.75, 3.05) is 5.32 Å². The summed E-state index contributed by atoms with van der Waals surface area (Å²) in [6.07, 6.45) is 0.434. The van der Waals surface area contributed by atoms with E-state index in [4.69, 9.17) is 11.6 Å². The number of rotatable bonds is 2. The Kier molecular flexibility index (Phi) is 3.18. The second kappa shape index (κ2) is 4.68. The zero-order chi connectivity index (χ0) is 12.7. The molecule has 0 spiro atoms. The third kappa shape index (κ3) is 2.09. The van der Waals surface area contributed by atoms with Gasteiger partial charge in [0.05, 0.1) is 11.2 Å². The van der Waals surface area contributed by atoms with Gasteiger partial charge in [-0.25, -0.2) is 0 Å². The quantitative estimate of drug-likeness (QED) is 0.806.